The highest BCUT2D eigenvalue weighted by molar-refractivity contribution is 7.89. The molecule has 2 aliphatic rings. The van der Waals surface area contributed by atoms with Gasteiger partial charge >= 0.3 is 0 Å². The molecule has 0 bridgehead atoms. The number of carbonyl (C=O) groups excluding carboxylic acids is 1. The van der Waals surface area contributed by atoms with Gasteiger partial charge in [0.25, 0.3) is 0 Å². The molecule has 1 aromatic carbocycles. The average molecular weight is 368 g/mol. The molecule has 0 spiro atoms. The zero-order valence-electron chi connectivity index (χ0n) is 14.6. The smallest absolute Gasteiger partial charge is 0.247 e. The van der Waals surface area contributed by atoms with Crippen LogP contribution in [0.4, 0.5) is 0 Å². The maximum atomic E-state index is 13.2. The molecular weight excluding hydrogens is 344 g/mol. The normalized spacial score (nSPS) is 22.2. The first-order valence-electron chi connectivity index (χ1n) is 8.48. The summed E-state index contributed by atoms with van der Waals surface area (Å²) in [6, 6.07) is 4.41. The Morgan fingerprint density at radius 3 is 2.64 bits per heavy atom. The van der Waals surface area contributed by atoms with Crippen LogP contribution in [-0.2, 0) is 19.6 Å². The molecule has 2 fully saturated rings. The van der Waals surface area contributed by atoms with Crippen molar-refractivity contribution in [2.45, 2.75) is 30.7 Å². The lowest BCUT2D eigenvalue weighted by atomic mass is 10.2. The summed E-state index contributed by atoms with van der Waals surface area (Å²) in [6.45, 7) is 4.20. The second kappa shape index (κ2) is 7.31. The van der Waals surface area contributed by atoms with E-state index in [4.69, 9.17) is 9.47 Å². The van der Waals surface area contributed by atoms with E-state index >= 15 is 0 Å². The summed E-state index contributed by atoms with van der Waals surface area (Å²) in [5.74, 6) is 0.172. The van der Waals surface area contributed by atoms with Gasteiger partial charge in [0, 0.05) is 19.6 Å². The zero-order chi connectivity index (χ0) is 18.0. The third-order valence-corrected chi connectivity index (χ3v) is 6.65. The fourth-order valence-electron chi connectivity index (χ4n) is 3.38. The van der Waals surface area contributed by atoms with Crippen LogP contribution < -0.4 is 4.74 Å². The van der Waals surface area contributed by atoms with Crippen LogP contribution in [-0.4, -0.2) is 69.5 Å². The van der Waals surface area contributed by atoms with E-state index in [1.807, 2.05) is 6.92 Å². The Hall–Kier alpha value is -1.64. The number of morpholine rings is 1. The molecule has 2 heterocycles. The minimum atomic E-state index is -3.81. The van der Waals surface area contributed by atoms with Gasteiger partial charge in [-0.25, -0.2) is 8.42 Å². The zero-order valence-corrected chi connectivity index (χ0v) is 15.4. The van der Waals surface area contributed by atoms with E-state index in [0.29, 0.717) is 51.4 Å². The largest absolute Gasteiger partial charge is 0.495 e. The van der Waals surface area contributed by atoms with Gasteiger partial charge in [0.1, 0.15) is 16.7 Å². The lowest BCUT2D eigenvalue weighted by Crippen LogP contribution is -2.51. The van der Waals surface area contributed by atoms with Crippen molar-refractivity contribution in [1.29, 1.82) is 0 Å². The molecule has 25 heavy (non-hydrogen) atoms. The van der Waals surface area contributed by atoms with Crippen LogP contribution in [0.15, 0.2) is 23.1 Å². The standard InChI is InChI=1S/C17H24N2O5S/c1-13-5-6-15(23-2)16(12-13)25(21,22)19-7-3-4-14(19)17(20)18-8-10-24-11-9-18/h5-6,12,14H,3-4,7-11H2,1-2H3/t14-/m1/s1. The Labute approximate surface area is 148 Å². The summed E-state index contributed by atoms with van der Waals surface area (Å²) in [7, 11) is -2.36. The maximum Gasteiger partial charge on any atom is 0.247 e. The first kappa shape index (κ1) is 18.2. The Bertz CT molecular complexity index is 743. The second-order valence-electron chi connectivity index (χ2n) is 6.37. The van der Waals surface area contributed by atoms with Crippen molar-refractivity contribution in [2.75, 3.05) is 40.0 Å². The number of hydrogen-bond acceptors (Lipinski definition) is 5. The summed E-state index contributed by atoms with van der Waals surface area (Å²) in [4.78, 5) is 14.7. The minimum absolute atomic E-state index is 0.122. The van der Waals surface area contributed by atoms with Crippen molar-refractivity contribution < 1.29 is 22.7 Å². The van der Waals surface area contributed by atoms with Crippen LogP contribution in [0, 0.1) is 6.92 Å². The highest BCUT2D eigenvalue weighted by Crippen LogP contribution is 2.32. The SMILES string of the molecule is COc1ccc(C)cc1S(=O)(=O)N1CCC[C@@H]1C(=O)N1CCOCC1. The Morgan fingerprint density at radius 1 is 1.24 bits per heavy atom. The molecule has 1 atom stereocenters. The molecule has 1 aromatic rings. The van der Waals surface area contributed by atoms with Gasteiger partial charge in [0.2, 0.25) is 15.9 Å². The number of aryl methyl sites for hydroxylation is 1. The first-order valence-corrected chi connectivity index (χ1v) is 9.92. The van der Waals surface area contributed by atoms with E-state index in [2.05, 4.69) is 0 Å². The lowest BCUT2D eigenvalue weighted by molar-refractivity contribution is -0.138. The van der Waals surface area contributed by atoms with E-state index in [0.717, 1.165) is 5.56 Å². The molecule has 0 saturated carbocycles. The Balaban J connectivity index is 1.91. The van der Waals surface area contributed by atoms with E-state index < -0.39 is 16.1 Å². The molecule has 2 saturated heterocycles. The van der Waals surface area contributed by atoms with Crippen molar-refractivity contribution in [2.24, 2.45) is 0 Å². The number of methoxy groups -OCH3 is 1. The van der Waals surface area contributed by atoms with Gasteiger partial charge < -0.3 is 14.4 Å². The summed E-state index contributed by atoms with van der Waals surface area (Å²) in [6.07, 6.45) is 1.22. The van der Waals surface area contributed by atoms with Gasteiger partial charge in [0.15, 0.2) is 0 Å². The van der Waals surface area contributed by atoms with Crippen LogP contribution in [0.25, 0.3) is 0 Å². The number of rotatable bonds is 4. The number of benzene rings is 1. The van der Waals surface area contributed by atoms with Crippen LogP contribution >= 0.6 is 0 Å². The predicted octanol–water partition coefficient (Wildman–Crippen LogP) is 1.02. The molecule has 0 N–H and O–H groups in total. The molecule has 8 heteroatoms. The molecule has 0 unspecified atom stereocenters. The monoisotopic (exact) mass is 368 g/mol. The van der Waals surface area contributed by atoms with Crippen molar-refractivity contribution in [1.82, 2.24) is 9.21 Å². The summed E-state index contributed by atoms with van der Waals surface area (Å²) >= 11 is 0. The minimum Gasteiger partial charge on any atom is -0.495 e. The molecule has 7 nitrogen and oxygen atoms in total. The summed E-state index contributed by atoms with van der Waals surface area (Å²) in [5, 5.41) is 0. The van der Waals surface area contributed by atoms with Crippen molar-refractivity contribution in [3.05, 3.63) is 23.8 Å². The fourth-order valence-corrected chi connectivity index (χ4v) is 5.27. The fraction of sp³-hybridized carbons (Fsp3) is 0.588. The van der Waals surface area contributed by atoms with Gasteiger partial charge in [-0.15, -0.1) is 0 Å². The van der Waals surface area contributed by atoms with Crippen LogP contribution in [0.5, 0.6) is 5.75 Å². The number of carbonyl (C=O) groups is 1. The van der Waals surface area contributed by atoms with Gasteiger partial charge in [-0.3, -0.25) is 4.79 Å². The Kier molecular flexibility index (Phi) is 5.31. The molecule has 1 amide bonds. The van der Waals surface area contributed by atoms with Gasteiger partial charge in [-0.2, -0.15) is 4.31 Å². The number of amides is 1. The van der Waals surface area contributed by atoms with Crippen LogP contribution in [0.2, 0.25) is 0 Å². The molecule has 3 rings (SSSR count). The summed E-state index contributed by atoms with van der Waals surface area (Å²) < 4.78 is 38.3. The van der Waals surface area contributed by atoms with E-state index in [1.54, 1.807) is 23.1 Å². The first-order chi connectivity index (χ1) is 11.9. The quantitative estimate of drug-likeness (QED) is 0.793. The maximum absolute atomic E-state index is 13.2. The van der Waals surface area contributed by atoms with Crippen molar-refractivity contribution >= 4 is 15.9 Å². The van der Waals surface area contributed by atoms with Gasteiger partial charge in [-0.05, 0) is 37.5 Å². The third-order valence-electron chi connectivity index (χ3n) is 4.72. The predicted molar refractivity (Wildman–Crippen MR) is 92.0 cm³/mol. The lowest BCUT2D eigenvalue weighted by Gasteiger charge is -2.32. The Morgan fingerprint density at radius 2 is 1.96 bits per heavy atom. The molecule has 0 aliphatic carbocycles. The van der Waals surface area contributed by atoms with Crippen LogP contribution in [0.1, 0.15) is 18.4 Å². The van der Waals surface area contributed by atoms with E-state index in [-0.39, 0.29) is 10.8 Å². The van der Waals surface area contributed by atoms with Crippen LogP contribution in [0.3, 0.4) is 0 Å². The molecule has 2 aliphatic heterocycles. The topological polar surface area (TPSA) is 76.2 Å². The number of nitrogens with zero attached hydrogens (tertiary/aromatic N) is 2. The van der Waals surface area contributed by atoms with E-state index in [9.17, 15) is 13.2 Å². The highest BCUT2D eigenvalue weighted by Gasteiger charge is 2.42. The second-order valence-corrected chi connectivity index (χ2v) is 8.22. The highest BCUT2D eigenvalue weighted by atomic mass is 32.2. The third kappa shape index (κ3) is 3.51. The average Bonchev–Trinajstić information content (AvgIpc) is 3.12. The van der Waals surface area contributed by atoms with Gasteiger partial charge in [-0.1, -0.05) is 6.07 Å². The van der Waals surface area contributed by atoms with E-state index in [1.165, 1.54) is 11.4 Å². The van der Waals surface area contributed by atoms with Gasteiger partial charge in [0.05, 0.1) is 20.3 Å². The molecule has 138 valence electrons. The molecule has 0 radical (unpaired) electrons. The molecule has 0 aromatic heterocycles. The number of ether oxygens (including phenoxy) is 2. The number of sulfonamides is 1. The van der Waals surface area contributed by atoms with Crippen molar-refractivity contribution in [3.8, 4) is 5.75 Å². The summed E-state index contributed by atoms with van der Waals surface area (Å²) in [5.41, 5.74) is 0.828. The number of hydrogen-bond donors (Lipinski definition) is 0. The molecular formula is C17H24N2O5S. The van der Waals surface area contributed by atoms with Crippen molar-refractivity contribution in [3.63, 3.8) is 0 Å².